The van der Waals surface area contributed by atoms with Crippen LogP contribution in [0.1, 0.15) is 46.5 Å². The Bertz CT molecular complexity index is 879. The maximum Gasteiger partial charge on any atom is 0.375 e. The summed E-state index contributed by atoms with van der Waals surface area (Å²) in [6, 6.07) is 0. The number of fused-ring (bicyclic) bond motifs is 5. The number of Topliss-reactive ketones (excluding diaryl/α,β-unsaturated/α-hetero) is 1. The summed E-state index contributed by atoms with van der Waals surface area (Å²) < 4.78 is 16.9. The van der Waals surface area contributed by atoms with E-state index >= 15 is 4.39 Å². The molecule has 0 aromatic rings. The van der Waals surface area contributed by atoms with Gasteiger partial charge in [-0.1, -0.05) is 25.5 Å². The minimum Gasteiger partial charge on any atom is -0.475 e. The number of carboxylic acid groups (broad SMARTS) is 1. The third kappa shape index (κ3) is 2.15. The molecule has 3 N–H and O–H groups in total. The third-order valence-electron chi connectivity index (χ3n) is 8.76. The van der Waals surface area contributed by atoms with Crippen molar-refractivity contribution in [2.45, 2.75) is 63.8 Å². The number of carbonyl (C=O) groups excluding carboxylic acids is 2. The number of aliphatic hydroxyl groups is 2. The van der Waals surface area contributed by atoms with Gasteiger partial charge < -0.3 is 15.3 Å². The van der Waals surface area contributed by atoms with Crippen LogP contribution in [-0.4, -0.2) is 50.2 Å². The van der Waals surface area contributed by atoms with Gasteiger partial charge >= 0.3 is 5.97 Å². The zero-order chi connectivity index (χ0) is 21.6. The van der Waals surface area contributed by atoms with Crippen molar-refractivity contribution >= 4 is 17.5 Å². The topological polar surface area (TPSA) is 112 Å². The lowest BCUT2D eigenvalue weighted by Crippen LogP contribution is -2.69. The van der Waals surface area contributed by atoms with Crippen molar-refractivity contribution in [3.8, 4) is 0 Å². The van der Waals surface area contributed by atoms with Crippen LogP contribution in [0.15, 0.2) is 23.8 Å². The van der Waals surface area contributed by atoms with E-state index in [1.54, 1.807) is 20.8 Å². The number of hydrogen-bond acceptors (Lipinski definition) is 5. The fourth-order valence-corrected chi connectivity index (χ4v) is 7.19. The Labute approximate surface area is 168 Å². The van der Waals surface area contributed by atoms with Gasteiger partial charge in [-0.3, -0.25) is 9.59 Å². The first kappa shape index (κ1) is 20.4. The first-order chi connectivity index (χ1) is 13.3. The normalized spacial score (nSPS) is 51.0. The van der Waals surface area contributed by atoms with Crippen molar-refractivity contribution in [3.05, 3.63) is 23.8 Å². The smallest absolute Gasteiger partial charge is 0.375 e. The van der Waals surface area contributed by atoms with Gasteiger partial charge in [0, 0.05) is 16.7 Å². The lowest BCUT2D eigenvalue weighted by molar-refractivity contribution is -0.219. The molecule has 3 fully saturated rings. The van der Waals surface area contributed by atoms with Crippen LogP contribution in [0.5, 0.6) is 0 Å². The average molecular weight is 406 g/mol. The van der Waals surface area contributed by atoms with E-state index in [2.05, 4.69) is 0 Å². The summed E-state index contributed by atoms with van der Waals surface area (Å²) in [7, 11) is 0. The molecule has 4 aliphatic carbocycles. The minimum atomic E-state index is -2.17. The molecule has 29 heavy (non-hydrogen) atoms. The van der Waals surface area contributed by atoms with E-state index in [9.17, 15) is 29.7 Å². The van der Waals surface area contributed by atoms with Crippen LogP contribution < -0.4 is 0 Å². The molecule has 0 saturated heterocycles. The molecule has 3 saturated carbocycles. The fourth-order valence-electron chi connectivity index (χ4n) is 7.19. The summed E-state index contributed by atoms with van der Waals surface area (Å²) in [5.41, 5.74) is -6.01. The van der Waals surface area contributed by atoms with Crippen molar-refractivity contribution < 1.29 is 34.1 Å². The summed E-state index contributed by atoms with van der Waals surface area (Å²) >= 11 is 0. The van der Waals surface area contributed by atoms with E-state index < -0.39 is 57.7 Å². The number of hydrogen-bond donors (Lipinski definition) is 3. The van der Waals surface area contributed by atoms with Crippen LogP contribution in [-0.2, 0) is 14.4 Å². The second kappa shape index (κ2) is 5.85. The first-order valence-electron chi connectivity index (χ1n) is 10.2. The second-order valence-corrected chi connectivity index (χ2v) is 9.80. The SMILES string of the molecule is CC1C[C@H]2[C@@H]3CCC4=CC(=O)C=C[C@]4(C)[C@@]3(F)C(O)C[C@]2(C)[C@@]1(O)C(=O)C(=O)O. The predicted octanol–water partition coefficient (Wildman–Crippen LogP) is 1.99. The standard InChI is InChI=1S/C22H27FO6/c1-11-8-15-14-5-4-12-9-13(24)6-7-19(12,2)21(14,23)16(25)10-20(15,3)22(11,29)17(26)18(27)28/h6-7,9,11,14-16,25,29H,4-5,8,10H2,1-3H3,(H,27,28)/t11?,14-,15-,16?,19-,20-,21-,22-/m0/s1. The van der Waals surface area contributed by atoms with Crippen LogP contribution in [0.25, 0.3) is 0 Å². The summed E-state index contributed by atoms with van der Waals surface area (Å²) in [6.45, 7) is 4.91. The summed E-state index contributed by atoms with van der Waals surface area (Å²) in [5, 5.41) is 31.7. The van der Waals surface area contributed by atoms with E-state index in [-0.39, 0.29) is 12.2 Å². The van der Waals surface area contributed by atoms with E-state index in [1.807, 2.05) is 0 Å². The molecule has 0 heterocycles. The third-order valence-corrected chi connectivity index (χ3v) is 8.76. The maximum atomic E-state index is 16.9. The van der Waals surface area contributed by atoms with E-state index in [4.69, 9.17) is 0 Å². The summed E-state index contributed by atoms with van der Waals surface area (Å²) in [6.07, 6.45) is 3.70. The lowest BCUT2D eigenvalue weighted by Gasteiger charge is -2.62. The van der Waals surface area contributed by atoms with Crippen molar-refractivity contribution in [2.75, 3.05) is 0 Å². The van der Waals surface area contributed by atoms with E-state index in [1.165, 1.54) is 18.2 Å². The molecule has 8 atom stereocenters. The van der Waals surface area contributed by atoms with Crippen LogP contribution in [0.4, 0.5) is 4.39 Å². The second-order valence-electron chi connectivity index (χ2n) is 9.80. The van der Waals surface area contributed by atoms with Gasteiger partial charge in [0.2, 0.25) is 0 Å². The molecule has 4 aliphatic rings. The number of carboxylic acids is 1. The highest BCUT2D eigenvalue weighted by Crippen LogP contribution is 2.70. The van der Waals surface area contributed by atoms with Gasteiger partial charge in [0.1, 0.15) is 5.60 Å². The van der Waals surface area contributed by atoms with Gasteiger partial charge in [-0.25, -0.2) is 9.18 Å². The molecule has 0 aliphatic heterocycles. The largest absolute Gasteiger partial charge is 0.475 e. The Balaban J connectivity index is 1.84. The van der Waals surface area contributed by atoms with Gasteiger partial charge in [-0.2, -0.15) is 0 Å². The Morgan fingerprint density at radius 2 is 1.90 bits per heavy atom. The number of allylic oxidation sites excluding steroid dienone is 4. The summed E-state index contributed by atoms with van der Waals surface area (Å²) in [5.74, 6) is -5.03. The Hall–Kier alpha value is -1.86. The van der Waals surface area contributed by atoms with Crippen molar-refractivity contribution in [1.29, 1.82) is 0 Å². The molecule has 0 amide bonds. The number of aliphatic carboxylic acids is 1. The molecule has 0 spiro atoms. The zero-order valence-electron chi connectivity index (χ0n) is 16.8. The van der Waals surface area contributed by atoms with Crippen LogP contribution in [0.2, 0.25) is 0 Å². The van der Waals surface area contributed by atoms with Crippen molar-refractivity contribution in [2.24, 2.45) is 28.6 Å². The lowest BCUT2D eigenvalue weighted by atomic mass is 9.44. The van der Waals surface area contributed by atoms with Gasteiger partial charge in [0.05, 0.1) is 6.10 Å². The van der Waals surface area contributed by atoms with Gasteiger partial charge in [-0.15, -0.1) is 0 Å². The number of aliphatic hydroxyl groups excluding tert-OH is 1. The number of alkyl halides is 1. The number of rotatable bonds is 2. The highest BCUT2D eigenvalue weighted by Gasteiger charge is 2.76. The number of halogens is 1. The van der Waals surface area contributed by atoms with Gasteiger partial charge in [-0.05, 0) is 56.6 Å². The van der Waals surface area contributed by atoms with Crippen LogP contribution in [0, 0.1) is 28.6 Å². The number of ketones is 2. The molecule has 6 nitrogen and oxygen atoms in total. The molecule has 0 bridgehead atoms. The molecular weight excluding hydrogens is 379 g/mol. The Kier molecular flexibility index (Phi) is 4.12. The van der Waals surface area contributed by atoms with Crippen molar-refractivity contribution in [3.63, 3.8) is 0 Å². The van der Waals surface area contributed by atoms with Crippen LogP contribution in [0.3, 0.4) is 0 Å². The fraction of sp³-hybridized carbons (Fsp3) is 0.682. The molecule has 0 aromatic carbocycles. The summed E-state index contributed by atoms with van der Waals surface area (Å²) in [4.78, 5) is 35.8. The molecule has 158 valence electrons. The highest BCUT2D eigenvalue weighted by atomic mass is 19.1. The Morgan fingerprint density at radius 3 is 2.52 bits per heavy atom. The first-order valence-corrected chi connectivity index (χ1v) is 10.2. The molecular formula is C22H27FO6. The van der Waals surface area contributed by atoms with Gasteiger partial charge in [0.25, 0.3) is 5.78 Å². The molecule has 2 unspecified atom stereocenters. The quantitative estimate of drug-likeness (QED) is 0.605. The van der Waals surface area contributed by atoms with Gasteiger partial charge in [0.15, 0.2) is 11.5 Å². The maximum absolute atomic E-state index is 16.9. The molecule has 7 heteroatoms. The molecule has 0 aromatic heterocycles. The van der Waals surface area contributed by atoms with E-state index in [0.717, 1.165) is 0 Å². The molecule has 0 radical (unpaired) electrons. The zero-order valence-corrected chi connectivity index (χ0v) is 16.8. The average Bonchev–Trinajstić information content (AvgIpc) is 2.84. The predicted molar refractivity (Wildman–Crippen MR) is 100 cm³/mol. The highest BCUT2D eigenvalue weighted by molar-refractivity contribution is 6.36. The molecule has 4 rings (SSSR count). The van der Waals surface area contributed by atoms with E-state index in [0.29, 0.717) is 24.8 Å². The van der Waals surface area contributed by atoms with Crippen LogP contribution >= 0.6 is 0 Å². The minimum absolute atomic E-state index is 0.203. The monoisotopic (exact) mass is 406 g/mol. The number of carbonyl (C=O) groups is 3. The van der Waals surface area contributed by atoms with Crippen molar-refractivity contribution in [1.82, 2.24) is 0 Å². The Morgan fingerprint density at radius 1 is 1.24 bits per heavy atom.